The monoisotopic (exact) mass is 276 g/mol. The number of carbonyl (C=O) groups excluding carboxylic acids is 1. The first-order valence-corrected chi connectivity index (χ1v) is 6.07. The number of carbonyl (C=O) groups is 1. The van der Waals surface area contributed by atoms with Gasteiger partial charge in [-0.1, -0.05) is 0 Å². The molecule has 2 heterocycles. The van der Waals surface area contributed by atoms with Crippen LogP contribution in [0.3, 0.4) is 0 Å². The number of hydrogen-bond acceptors (Lipinski definition) is 5. The van der Waals surface area contributed by atoms with E-state index in [9.17, 15) is 4.79 Å². The summed E-state index contributed by atoms with van der Waals surface area (Å²) in [6, 6.07) is 3.20. The van der Waals surface area contributed by atoms with E-state index in [-0.39, 0.29) is 5.91 Å². The number of rotatable bonds is 6. The summed E-state index contributed by atoms with van der Waals surface area (Å²) < 4.78 is 11.9. The van der Waals surface area contributed by atoms with Gasteiger partial charge in [0, 0.05) is 38.2 Å². The lowest BCUT2D eigenvalue weighted by Gasteiger charge is -2.06. The zero-order valence-corrected chi connectivity index (χ0v) is 11.4. The highest BCUT2D eigenvalue weighted by Crippen LogP contribution is 2.12. The van der Waals surface area contributed by atoms with E-state index in [2.05, 4.69) is 15.4 Å². The first kappa shape index (κ1) is 14.0. The van der Waals surface area contributed by atoms with Crippen LogP contribution in [0.4, 0.5) is 5.69 Å². The van der Waals surface area contributed by atoms with Crippen molar-refractivity contribution in [2.75, 3.05) is 25.6 Å². The fraction of sp³-hybridized carbons (Fsp3) is 0.308. The molecule has 2 rings (SSSR count). The van der Waals surface area contributed by atoms with E-state index in [1.54, 1.807) is 43.4 Å². The Hall–Kier alpha value is -2.41. The van der Waals surface area contributed by atoms with E-state index in [0.29, 0.717) is 30.3 Å². The molecule has 1 N–H and O–H groups in total. The first-order chi connectivity index (χ1) is 9.69. The van der Waals surface area contributed by atoms with E-state index in [4.69, 9.17) is 9.47 Å². The van der Waals surface area contributed by atoms with Gasteiger partial charge < -0.3 is 14.8 Å². The molecule has 7 nitrogen and oxygen atoms in total. The summed E-state index contributed by atoms with van der Waals surface area (Å²) in [4.78, 5) is 16.1. The minimum absolute atomic E-state index is 0.239. The second kappa shape index (κ2) is 6.67. The van der Waals surface area contributed by atoms with Gasteiger partial charge in [0.05, 0.1) is 18.5 Å². The zero-order chi connectivity index (χ0) is 14.4. The number of anilines is 1. The molecule has 0 bridgehead atoms. The lowest BCUT2D eigenvalue weighted by atomic mass is 10.2. The molecular formula is C13H16N4O3. The second-order valence-electron chi connectivity index (χ2n) is 4.08. The summed E-state index contributed by atoms with van der Waals surface area (Å²) >= 11 is 0. The third-order valence-corrected chi connectivity index (χ3v) is 2.50. The highest BCUT2D eigenvalue weighted by Gasteiger charge is 2.09. The maximum atomic E-state index is 12.0. The van der Waals surface area contributed by atoms with Crippen molar-refractivity contribution in [2.24, 2.45) is 7.05 Å². The predicted octanol–water partition coefficient (Wildman–Crippen LogP) is 1.09. The predicted molar refractivity (Wildman–Crippen MR) is 72.8 cm³/mol. The Bertz CT molecular complexity index is 583. The molecule has 0 radical (unpaired) electrons. The average molecular weight is 276 g/mol. The van der Waals surface area contributed by atoms with Gasteiger partial charge in [0.25, 0.3) is 5.91 Å². The minimum Gasteiger partial charge on any atom is -0.475 e. The molecule has 0 atom stereocenters. The van der Waals surface area contributed by atoms with Crippen molar-refractivity contribution in [3.8, 4) is 5.88 Å². The van der Waals surface area contributed by atoms with Crippen LogP contribution < -0.4 is 10.1 Å². The number of methoxy groups -OCH3 is 1. The number of nitrogens with one attached hydrogen (secondary N) is 1. The Morgan fingerprint density at radius 2 is 2.30 bits per heavy atom. The maximum Gasteiger partial charge on any atom is 0.256 e. The number of amides is 1. The Morgan fingerprint density at radius 1 is 1.45 bits per heavy atom. The molecule has 2 aromatic rings. The van der Waals surface area contributed by atoms with E-state index in [0.717, 1.165) is 0 Å². The summed E-state index contributed by atoms with van der Waals surface area (Å²) in [7, 11) is 3.37. The number of aromatic nitrogens is 3. The standard InChI is InChI=1S/C13H16N4O3/c1-17-9-11(8-15-17)16-13(18)10-3-4-14-12(7-10)20-6-5-19-2/h3-4,7-9H,5-6H2,1-2H3,(H,16,18). The summed E-state index contributed by atoms with van der Waals surface area (Å²) in [6.07, 6.45) is 4.82. The summed E-state index contributed by atoms with van der Waals surface area (Å²) in [5.74, 6) is 0.151. The van der Waals surface area contributed by atoms with Crippen LogP contribution in [0, 0.1) is 0 Å². The molecule has 20 heavy (non-hydrogen) atoms. The van der Waals surface area contributed by atoms with Crippen LogP contribution in [-0.2, 0) is 11.8 Å². The van der Waals surface area contributed by atoms with Gasteiger partial charge in [0.2, 0.25) is 5.88 Å². The fourth-order valence-corrected chi connectivity index (χ4v) is 1.55. The van der Waals surface area contributed by atoms with E-state index in [1.807, 2.05) is 0 Å². The molecule has 2 aromatic heterocycles. The van der Waals surface area contributed by atoms with Crippen molar-refractivity contribution < 1.29 is 14.3 Å². The summed E-state index contributed by atoms with van der Waals surface area (Å²) in [6.45, 7) is 0.852. The van der Waals surface area contributed by atoms with E-state index in [1.165, 1.54) is 6.20 Å². The van der Waals surface area contributed by atoms with Crippen molar-refractivity contribution in [1.82, 2.24) is 14.8 Å². The number of aryl methyl sites for hydroxylation is 1. The average Bonchev–Trinajstić information content (AvgIpc) is 2.85. The molecule has 0 fully saturated rings. The van der Waals surface area contributed by atoms with Gasteiger partial charge in [0.15, 0.2) is 0 Å². The van der Waals surface area contributed by atoms with Crippen LogP contribution in [0.2, 0.25) is 0 Å². The third kappa shape index (κ3) is 3.79. The largest absolute Gasteiger partial charge is 0.475 e. The minimum atomic E-state index is -0.239. The molecule has 0 spiro atoms. The fourth-order valence-electron chi connectivity index (χ4n) is 1.55. The van der Waals surface area contributed by atoms with E-state index >= 15 is 0 Å². The maximum absolute atomic E-state index is 12.0. The molecule has 0 saturated carbocycles. The quantitative estimate of drug-likeness (QED) is 0.799. The highest BCUT2D eigenvalue weighted by molar-refractivity contribution is 6.04. The Morgan fingerprint density at radius 3 is 3.00 bits per heavy atom. The van der Waals surface area contributed by atoms with Crippen LogP contribution in [0.15, 0.2) is 30.7 Å². The van der Waals surface area contributed by atoms with Gasteiger partial charge in [0.1, 0.15) is 6.61 Å². The SMILES string of the molecule is COCCOc1cc(C(=O)Nc2cnn(C)c2)ccn1. The van der Waals surface area contributed by atoms with Gasteiger partial charge in [-0.3, -0.25) is 9.48 Å². The smallest absolute Gasteiger partial charge is 0.256 e. The third-order valence-electron chi connectivity index (χ3n) is 2.50. The molecule has 0 aliphatic carbocycles. The zero-order valence-electron chi connectivity index (χ0n) is 11.4. The van der Waals surface area contributed by atoms with Crippen molar-refractivity contribution in [3.63, 3.8) is 0 Å². The van der Waals surface area contributed by atoms with Crippen LogP contribution in [0.25, 0.3) is 0 Å². The Labute approximate surface area is 116 Å². The molecule has 0 saturated heterocycles. The van der Waals surface area contributed by atoms with Crippen LogP contribution in [0.5, 0.6) is 5.88 Å². The van der Waals surface area contributed by atoms with E-state index < -0.39 is 0 Å². The molecule has 0 aliphatic rings. The van der Waals surface area contributed by atoms with Crippen LogP contribution in [0.1, 0.15) is 10.4 Å². The number of hydrogen-bond donors (Lipinski definition) is 1. The van der Waals surface area contributed by atoms with Gasteiger partial charge in [-0.15, -0.1) is 0 Å². The van der Waals surface area contributed by atoms with Crippen molar-refractivity contribution in [2.45, 2.75) is 0 Å². The first-order valence-electron chi connectivity index (χ1n) is 6.07. The van der Waals surface area contributed by atoms with Crippen molar-refractivity contribution >= 4 is 11.6 Å². The lowest BCUT2D eigenvalue weighted by molar-refractivity contribution is 0.102. The van der Waals surface area contributed by atoms with Crippen molar-refractivity contribution in [1.29, 1.82) is 0 Å². The second-order valence-corrected chi connectivity index (χ2v) is 4.08. The molecule has 0 aromatic carbocycles. The van der Waals surface area contributed by atoms with Crippen molar-refractivity contribution in [3.05, 3.63) is 36.3 Å². The Balaban J connectivity index is 2.00. The molecule has 0 aliphatic heterocycles. The van der Waals surface area contributed by atoms with Gasteiger partial charge in [-0.25, -0.2) is 4.98 Å². The highest BCUT2D eigenvalue weighted by atomic mass is 16.5. The Kier molecular flexibility index (Phi) is 4.67. The van der Waals surface area contributed by atoms with Gasteiger partial charge in [-0.05, 0) is 6.07 Å². The molecular weight excluding hydrogens is 260 g/mol. The summed E-state index contributed by atoms with van der Waals surface area (Å²) in [5.41, 5.74) is 1.10. The molecule has 106 valence electrons. The number of nitrogens with zero attached hydrogens (tertiary/aromatic N) is 3. The van der Waals surface area contributed by atoms with Gasteiger partial charge in [-0.2, -0.15) is 5.10 Å². The topological polar surface area (TPSA) is 78.3 Å². The number of pyridine rings is 1. The van der Waals surface area contributed by atoms with Crippen LogP contribution in [-0.4, -0.2) is 41.0 Å². The molecule has 0 unspecified atom stereocenters. The summed E-state index contributed by atoms with van der Waals surface area (Å²) in [5, 5.41) is 6.73. The normalized spacial score (nSPS) is 10.3. The molecule has 7 heteroatoms. The van der Waals surface area contributed by atoms with Crippen LogP contribution >= 0.6 is 0 Å². The number of ether oxygens (including phenoxy) is 2. The van der Waals surface area contributed by atoms with Gasteiger partial charge >= 0.3 is 0 Å². The lowest BCUT2D eigenvalue weighted by Crippen LogP contribution is -2.12. The molecule has 1 amide bonds.